The van der Waals surface area contributed by atoms with E-state index in [-0.39, 0.29) is 6.04 Å². The van der Waals surface area contributed by atoms with E-state index in [1.165, 1.54) is 4.90 Å². The van der Waals surface area contributed by atoms with Gasteiger partial charge < -0.3 is 9.53 Å². The van der Waals surface area contributed by atoms with Crippen LogP contribution < -0.4 is 0 Å². The predicted octanol–water partition coefficient (Wildman–Crippen LogP) is 2.57. The van der Waals surface area contributed by atoms with E-state index in [0.29, 0.717) is 5.69 Å². The maximum atomic E-state index is 12.1. The zero-order valence-corrected chi connectivity index (χ0v) is 13.0. The summed E-state index contributed by atoms with van der Waals surface area (Å²) in [6, 6.07) is 1.13. The highest BCUT2D eigenvalue weighted by molar-refractivity contribution is 5.74. The molecule has 1 amide bonds. The minimum Gasteiger partial charge on any atom is -0.444 e. The summed E-state index contributed by atoms with van der Waals surface area (Å²) in [5.41, 5.74) is 0.0696. The lowest BCUT2D eigenvalue weighted by molar-refractivity contribution is -0.112. The first kappa shape index (κ1) is 16.2. The molecular formula is C14H23N3O3. The first-order chi connectivity index (χ1) is 9.17. The number of carbonyl (C=O) groups excluding carboxylic acids is 2. The van der Waals surface area contributed by atoms with Crippen molar-refractivity contribution in [3.63, 3.8) is 0 Å². The fourth-order valence-corrected chi connectivity index (χ4v) is 1.80. The number of hydrogen-bond donors (Lipinski definition) is 0. The lowest BCUT2D eigenvalue weighted by Crippen LogP contribution is -2.38. The standard InChI is InChI=1S/C14H23N3O3/c1-10(2)17-11(7-8-15-17)12(9-18)16(6)13(19)20-14(3,4)5/h7-10,12H,1-6H3. The molecule has 1 rings (SSSR count). The summed E-state index contributed by atoms with van der Waals surface area (Å²) in [5.74, 6) is 0. The molecule has 0 radical (unpaired) electrons. The molecule has 0 aliphatic heterocycles. The summed E-state index contributed by atoms with van der Waals surface area (Å²) in [7, 11) is 1.55. The molecule has 0 saturated carbocycles. The van der Waals surface area contributed by atoms with Gasteiger partial charge in [0.15, 0.2) is 0 Å². The number of amides is 1. The molecule has 0 N–H and O–H groups in total. The zero-order valence-electron chi connectivity index (χ0n) is 13.0. The normalized spacial score (nSPS) is 13.2. The molecule has 0 fully saturated rings. The van der Waals surface area contributed by atoms with Crippen molar-refractivity contribution in [3.8, 4) is 0 Å². The Morgan fingerprint density at radius 3 is 2.50 bits per heavy atom. The Morgan fingerprint density at radius 1 is 1.45 bits per heavy atom. The van der Waals surface area contributed by atoms with Gasteiger partial charge in [-0.2, -0.15) is 5.10 Å². The van der Waals surface area contributed by atoms with Gasteiger partial charge in [0.25, 0.3) is 0 Å². The summed E-state index contributed by atoms with van der Waals surface area (Å²) >= 11 is 0. The molecule has 112 valence electrons. The van der Waals surface area contributed by atoms with Crippen molar-refractivity contribution < 1.29 is 14.3 Å². The van der Waals surface area contributed by atoms with Crippen LogP contribution in [0.4, 0.5) is 4.79 Å². The Morgan fingerprint density at radius 2 is 2.05 bits per heavy atom. The lowest BCUT2D eigenvalue weighted by Gasteiger charge is -2.28. The Labute approximate surface area is 119 Å². The van der Waals surface area contributed by atoms with Gasteiger partial charge in [-0.05, 0) is 40.7 Å². The van der Waals surface area contributed by atoms with Crippen molar-refractivity contribution in [2.75, 3.05) is 7.05 Å². The molecule has 0 aliphatic carbocycles. The maximum absolute atomic E-state index is 12.1. The number of carbonyl (C=O) groups is 2. The van der Waals surface area contributed by atoms with Crippen molar-refractivity contribution in [1.29, 1.82) is 0 Å². The van der Waals surface area contributed by atoms with Crippen LogP contribution >= 0.6 is 0 Å². The summed E-state index contributed by atoms with van der Waals surface area (Å²) in [5, 5.41) is 4.18. The lowest BCUT2D eigenvalue weighted by atomic mass is 10.2. The Hall–Kier alpha value is -1.85. The van der Waals surface area contributed by atoms with Gasteiger partial charge in [-0.1, -0.05) is 0 Å². The first-order valence-electron chi connectivity index (χ1n) is 6.62. The number of hydrogen-bond acceptors (Lipinski definition) is 4. The monoisotopic (exact) mass is 281 g/mol. The van der Waals surface area contributed by atoms with E-state index >= 15 is 0 Å². The SMILES string of the molecule is CC(C)n1nccc1C(C=O)N(C)C(=O)OC(C)(C)C. The molecule has 0 aromatic carbocycles. The van der Waals surface area contributed by atoms with Crippen molar-refractivity contribution in [1.82, 2.24) is 14.7 Å². The minimum absolute atomic E-state index is 0.106. The van der Waals surface area contributed by atoms with E-state index in [2.05, 4.69) is 5.10 Å². The second kappa shape index (κ2) is 6.07. The van der Waals surface area contributed by atoms with Gasteiger partial charge in [0.05, 0.1) is 5.69 Å². The molecule has 1 aromatic rings. The third-order valence-corrected chi connectivity index (χ3v) is 2.72. The van der Waals surface area contributed by atoms with Gasteiger partial charge in [0.1, 0.15) is 17.9 Å². The Balaban J connectivity index is 2.98. The second-order valence-corrected chi connectivity index (χ2v) is 5.97. The van der Waals surface area contributed by atoms with E-state index in [4.69, 9.17) is 4.74 Å². The van der Waals surface area contributed by atoms with Crippen LogP contribution in [0.3, 0.4) is 0 Å². The van der Waals surface area contributed by atoms with E-state index in [1.54, 1.807) is 44.8 Å². The van der Waals surface area contributed by atoms with Gasteiger partial charge in [0.2, 0.25) is 0 Å². The van der Waals surface area contributed by atoms with Crippen molar-refractivity contribution in [2.45, 2.75) is 52.3 Å². The topological polar surface area (TPSA) is 64.4 Å². The molecule has 0 bridgehead atoms. The fraction of sp³-hybridized carbons (Fsp3) is 0.643. The van der Waals surface area contributed by atoms with Gasteiger partial charge >= 0.3 is 6.09 Å². The highest BCUT2D eigenvalue weighted by Crippen LogP contribution is 2.22. The Bertz CT molecular complexity index is 474. The van der Waals surface area contributed by atoms with Crippen molar-refractivity contribution >= 4 is 12.4 Å². The summed E-state index contributed by atoms with van der Waals surface area (Å²) < 4.78 is 7.00. The molecule has 6 heteroatoms. The molecule has 1 unspecified atom stereocenters. The molecule has 1 atom stereocenters. The zero-order chi connectivity index (χ0) is 15.5. The van der Waals surface area contributed by atoms with Gasteiger partial charge in [-0.3, -0.25) is 9.58 Å². The second-order valence-electron chi connectivity index (χ2n) is 5.97. The van der Waals surface area contributed by atoms with E-state index < -0.39 is 17.7 Å². The van der Waals surface area contributed by atoms with Crippen LogP contribution in [0.5, 0.6) is 0 Å². The van der Waals surface area contributed by atoms with Crippen LogP contribution in [-0.4, -0.2) is 39.7 Å². The first-order valence-corrected chi connectivity index (χ1v) is 6.62. The van der Waals surface area contributed by atoms with Crippen LogP contribution in [0.1, 0.15) is 52.4 Å². The Kier molecular flexibility index (Phi) is 4.92. The molecular weight excluding hydrogens is 258 g/mol. The predicted molar refractivity (Wildman–Crippen MR) is 75.4 cm³/mol. The quantitative estimate of drug-likeness (QED) is 0.796. The number of nitrogens with zero attached hydrogens (tertiary/aromatic N) is 3. The van der Waals surface area contributed by atoms with Crippen LogP contribution in [-0.2, 0) is 9.53 Å². The average Bonchev–Trinajstić information content (AvgIpc) is 2.76. The largest absolute Gasteiger partial charge is 0.444 e. The fourth-order valence-electron chi connectivity index (χ4n) is 1.80. The number of rotatable bonds is 4. The van der Waals surface area contributed by atoms with Crippen molar-refractivity contribution in [3.05, 3.63) is 18.0 Å². The van der Waals surface area contributed by atoms with E-state index in [9.17, 15) is 9.59 Å². The van der Waals surface area contributed by atoms with Crippen LogP contribution in [0.15, 0.2) is 12.3 Å². The molecule has 1 aromatic heterocycles. The van der Waals surface area contributed by atoms with Gasteiger partial charge in [-0.15, -0.1) is 0 Å². The summed E-state index contributed by atoms with van der Waals surface area (Å²) in [4.78, 5) is 24.7. The van der Waals surface area contributed by atoms with E-state index in [0.717, 1.165) is 6.29 Å². The highest BCUT2D eigenvalue weighted by Gasteiger charge is 2.28. The number of aromatic nitrogens is 2. The highest BCUT2D eigenvalue weighted by atomic mass is 16.6. The number of ether oxygens (including phenoxy) is 1. The van der Waals surface area contributed by atoms with E-state index in [1.807, 2.05) is 13.8 Å². The molecule has 0 aliphatic rings. The molecule has 1 heterocycles. The molecule has 6 nitrogen and oxygen atoms in total. The summed E-state index contributed by atoms with van der Waals surface area (Å²) in [6.45, 7) is 9.28. The molecule has 0 saturated heterocycles. The third kappa shape index (κ3) is 3.82. The summed E-state index contributed by atoms with van der Waals surface area (Å²) in [6.07, 6.45) is 1.81. The maximum Gasteiger partial charge on any atom is 0.410 e. The minimum atomic E-state index is -0.713. The van der Waals surface area contributed by atoms with Crippen molar-refractivity contribution in [2.24, 2.45) is 0 Å². The van der Waals surface area contributed by atoms with Crippen LogP contribution in [0, 0.1) is 0 Å². The average molecular weight is 281 g/mol. The molecule has 20 heavy (non-hydrogen) atoms. The number of likely N-dealkylation sites (N-methyl/N-ethyl adjacent to an activating group) is 1. The van der Waals surface area contributed by atoms with Gasteiger partial charge in [0, 0.05) is 19.3 Å². The van der Waals surface area contributed by atoms with Crippen LogP contribution in [0.25, 0.3) is 0 Å². The smallest absolute Gasteiger partial charge is 0.410 e. The van der Waals surface area contributed by atoms with Gasteiger partial charge in [-0.25, -0.2) is 4.79 Å². The molecule has 0 spiro atoms. The third-order valence-electron chi connectivity index (χ3n) is 2.72. The van der Waals surface area contributed by atoms with Crippen LogP contribution in [0.2, 0.25) is 0 Å². The number of aldehydes is 1.